The Morgan fingerprint density at radius 2 is 2.00 bits per heavy atom. The molecule has 3 unspecified atom stereocenters. The standard InChI is InChI=1S/C24H32N5O8P/c1-5-34-22(31)14(2)28-38(33,37-16-9-7-6-8-10-16)36-15(3)18-19(30)24(4,32)23(35-18)29-12-11-17-20(25)26-13-27-21(17)29/h6-15,18-19,23,30,32H,5H2,1-4H3,(H,28,33)(H2,25,26,27)/t14-,15+,18+,19?,23?,24+,38?/m0/s1. The molecule has 1 aliphatic rings. The summed E-state index contributed by atoms with van der Waals surface area (Å²) in [7, 11) is -4.24. The molecule has 0 amide bonds. The van der Waals surface area contributed by atoms with Crippen molar-refractivity contribution in [3.8, 4) is 5.75 Å². The molecule has 0 spiro atoms. The van der Waals surface area contributed by atoms with E-state index in [2.05, 4.69) is 15.1 Å². The lowest BCUT2D eigenvalue weighted by Gasteiger charge is -2.29. The van der Waals surface area contributed by atoms with Crippen LogP contribution < -0.4 is 15.3 Å². The molecule has 1 saturated heterocycles. The molecule has 0 radical (unpaired) electrons. The Morgan fingerprint density at radius 1 is 1.29 bits per heavy atom. The number of aromatic nitrogens is 3. The maximum Gasteiger partial charge on any atom is 0.459 e. The first kappa shape index (κ1) is 28.0. The Kier molecular flexibility index (Phi) is 8.07. The van der Waals surface area contributed by atoms with E-state index in [1.807, 2.05) is 0 Å². The number of nitrogens with zero attached hydrogens (tertiary/aromatic N) is 3. The highest BCUT2D eigenvalue weighted by molar-refractivity contribution is 7.52. The summed E-state index contributed by atoms with van der Waals surface area (Å²) in [6.45, 7) is 6.16. The zero-order chi connectivity index (χ0) is 27.7. The van der Waals surface area contributed by atoms with Crippen LogP contribution in [0.4, 0.5) is 5.82 Å². The average molecular weight is 550 g/mol. The van der Waals surface area contributed by atoms with Gasteiger partial charge in [0.2, 0.25) is 0 Å². The first-order valence-corrected chi connectivity index (χ1v) is 13.6. The molecule has 7 atom stereocenters. The van der Waals surface area contributed by atoms with Gasteiger partial charge in [-0.25, -0.2) is 14.5 Å². The molecule has 1 aliphatic heterocycles. The first-order valence-electron chi connectivity index (χ1n) is 12.1. The van der Waals surface area contributed by atoms with Crippen molar-refractivity contribution in [3.63, 3.8) is 0 Å². The van der Waals surface area contributed by atoms with Crippen molar-refractivity contribution in [2.75, 3.05) is 12.3 Å². The third-order valence-corrected chi connectivity index (χ3v) is 7.98. The molecule has 206 valence electrons. The van der Waals surface area contributed by atoms with Gasteiger partial charge in [0.1, 0.15) is 47.4 Å². The average Bonchev–Trinajstić information content (AvgIpc) is 3.38. The fourth-order valence-corrected chi connectivity index (χ4v) is 5.96. The molecular formula is C24H32N5O8P. The highest BCUT2D eigenvalue weighted by atomic mass is 31.2. The van der Waals surface area contributed by atoms with Crippen molar-refractivity contribution in [1.82, 2.24) is 19.6 Å². The zero-order valence-corrected chi connectivity index (χ0v) is 22.3. The van der Waals surface area contributed by atoms with Gasteiger partial charge in [0, 0.05) is 6.20 Å². The van der Waals surface area contributed by atoms with Gasteiger partial charge in [-0.15, -0.1) is 0 Å². The molecule has 14 heteroatoms. The van der Waals surface area contributed by atoms with Crippen molar-refractivity contribution in [2.24, 2.45) is 0 Å². The van der Waals surface area contributed by atoms with Crippen LogP contribution in [0.2, 0.25) is 0 Å². The maximum absolute atomic E-state index is 13.9. The topological polar surface area (TPSA) is 180 Å². The number of rotatable bonds is 10. The van der Waals surface area contributed by atoms with E-state index in [1.54, 1.807) is 49.5 Å². The van der Waals surface area contributed by atoms with E-state index < -0.39 is 49.9 Å². The summed E-state index contributed by atoms with van der Waals surface area (Å²) in [6.07, 6.45) is -1.90. The van der Waals surface area contributed by atoms with Crippen LogP contribution in [0.3, 0.4) is 0 Å². The molecule has 1 aromatic carbocycles. The fourth-order valence-electron chi connectivity index (χ4n) is 4.27. The Labute approximate surface area is 219 Å². The second-order valence-electron chi connectivity index (χ2n) is 9.16. The van der Waals surface area contributed by atoms with Gasteiger partial charge in [-0.05, 0) is 45.9 Å². The van der Waals surface area contributed by atoms with E-state index in [4.69, 9.17) is 24.3 Å². The minimum absolute atomic E-state index is 0.134. The van der Waals surface area contributed by atoms with Crippen molar-refractivity contribution < 1.29 is 38.1 Å². The minimum Gasteiger partial charge on any atom is -0.465 e. The van der Waals surface area contributed by atoms with Crippen LogP contribution in [0.5, 0.6) is 5.75 Å². The fraction of sp³-hybridized carbons (Fsp3) is 0.458. The van der Waals surface area contributed by atoms with Crippen molar-refractivity contribution in [3.05, 3.63) is 48.9 Å². The van der Waals surface area contributed by atoms with Crippen LogP contribution in [0.25, 0.3) is 11.0 Å². The number of hydrogen-bond donors (Lipinski definition) is 4. The number of carbonyl (C=O) groups is 1. The number of benzene rings is 1. The van der Waals surface area contributed by atoms with Crippen LogP contribution in [0, 0.1) is 0 Å². The zero-order valence-electron chi connectivity index (χ0n) is 21.4. The van der Waals surface area contributed by atoms with E-state index >= 15 is 0 Å². The van der Waals surface area contributed by atoms with Gasteiger partial charge in [0.15, 0.2) is 6.23 Å². The highest BCUT2D eigenvalue weighted by Crippen LogP contribution is 2.49. The lowest BCUT2D eigenvalue weighted by Crippen LogP contribution is -2.46. The normalized spacial score (nSPS) is 26.5. The van der Waals surface area contributed by atoms with E-state index in [0.29, 0.717) is 11.0 Å². The van der Waals surface area contributed by atoms with Gasteiger partial charge in [0.05, 0.1) is 18.1 Å². The molecule has 3 aromatic rings. The summed E-state index contributed by atoms with van der Waals surface area (Å²) in [5, 5.41) is 25.4. The van der Waals surface area contributed by atoms with Gasteiger partial charge < -0.3 is 34.5 Å². The third kappa shape index (κ3) is 5.53. The van der Waals surface area contributed by atoms with Crippen LogP contribution in [-0.2, 0) is 23.4 Å². The number of aliphatic hydroxyl groups excluding tert-OH is 1. The summed E-state index contributed by atoms with van der Waals surface area (Å²) in [4.78, 5) is 20.4. The number of nitrogens with two attached hydrogens (primary N) is 1. The molecule has 5 N–H and O–H groups in total. The maximum atomic E-state index is 13.9. The van der Waals surface area contributed by atoms with Gasteiger partial charge in [0.25, 0.3) is 0 Å². The number of hydrogen-bond acceptors (Lipinski definition) is 11. The Balaban J connectivity index is 1.59. The number of ether oxygens (including phenoxy) is 2. The minimum atomic E-state index is -4.24. The van der Waals surface area contributed by atoms with Gasteiger partial charge in [-0.1, -0.05) is 18.2 Å². The molecule has 4 rings (SSSR count). The second-order valence-corrected chi connectivity index (χ2v) is 10.8. The van der Waals surface area contributed by atoms with E-state index in [9.17, 15) is 19.6 Å². The smallest absolute Gasteiger partial charge is 0.459 e. The van der Waals surface area contributed by atoms with E-state index in [0.717, 1.165) is 0 Å². The molecule has 13 nitrogen and oxygen atoms in total. The molecule has 1 fully saturated rings. The molecule has 3 heterocycles. The van der Waals surface area contributed by atoms with Crippen LogP contribution in [0.1, 0.15) is 33.9 Å². The van der Waals surface area contributed by atoms with Crippen molar-refractivity contribution in [2.45, 2.75) is 63.9 Å². The van der Waals surface area contributed by atoms with Gasteiger partial charge in [-0.2, -0.15) is 5.09 Å². The Hall–Kier alpha value is -3.06. The summed E-state index contributed by atoms with van der Waals surface area (Å²) in [6, 6.07) is 8.89. The molecule has 0 aliphatic carbocycles. The summed E-state index contributed by atoms with van der Waals surface area (Å²) in [5.41, 5.74) is 4.52. The SMILES string of the molecule is CCOC(=O)[C@H](C)NP(=O)(Oc1ccccc1)O[C@H](C)[C@H]1OC(n2ccc3c(N)ncnc32)[C@](C)(O)C1O. The first-order chi connectivity index (χ1) is 18.0. The summed E-state index contributed by atoms with van der Waals surface area (Å²) >= 11 is 0. The quantitative estimate of drug-likeness (QED) is 0.214. The molecule has 2 aromatic heterocycles. The highest BCUT2D eigenvalue weighted by Gasteiger charge is 2.56. The number of esters is 1. The van der Waals surface area contributed by atoms with E-state index in [1.165, 1.54) is 31.7 Å². The Morgan fingerprint density at radius 3 is 2.68 bits per heavy atom. The number of carbonyl (C=O) groups excluding carboxylic acids is 1. The molecule has 38 heavy (non-hydrogen) atoms. The number of anilines is 1. The van der Waals surface area contributed by atoms with Gasteiger partial charge >= 0.3 is 13.7 Å². The second kappa shape index (κ2) is 11.0. The number of nitrogen functional groups attached to an aromatic ring is 1. The Bertz CT molecular complexity index is 1320. The number of fused-ring (bicyclic) bond motifs is 1. The lowest BCUT2D eigenvalue weighted by molar-refractivity contribution is -0.144. The number of nitrogens with one attached hydrogen (secondary N) is 1. The molecule has 0 saturated carbocycles. The number of aliphatic hydroxyl groups is 2. The predicted octanol–water partition coefficient (Wildman–Crippen LogP) is 2.16. The number of para-hydroxylation sites is 1. The molecule has 0 bridgehead atoms. The largest absolute Gasteiger partial charge is 0.465 e. The van der Waals surface area contributed by atoms with Gasteiger partial charge in [-0.3, -0.25) is 9.32 Å². The van der Waals surface area contributed by atoms with Crippen LogP contribution >= 0.6 is 7.75 Å². The van der Waals surface area contributed by atoms with Crippen molar-refractivity contribution >= 4 is 30.6 Å². The summed E-state index contributed by atoms with van der Waals surface area (Å²) < 4.78 is 37.9. The van der Waals surface area contributed by atoms with E-state index in [-0.39, 0.29) is 18.2 Å². The van der Waals surface area contributed by atoms with Crippen molar-refractivity contribution in [1.29, 1.82) is 0 Å². The lowest BCUT2D eigenvalue weighted by atomic mass is 9.94. The predicted molar refractivity (Wildman–Crippen MR) is 137 cm³/mol. The third-order valence-electron chi connectivity index (χ3n) is 6.22. The summed E-state index contributed by atoms with van der Waals surface area (Å²) in [5.74, 6) is -0.178. The van der Waals surface area contributed by atoms with Crippen LogP contribution in [0.15, 0.2) is 48.9 Å². The molecular weight excluding hydrogens is 517 g/mol. The van der Waals surface area contributed by atoms with Crippen LogP contribution in [-0.4, -0.2) is 67.3 Å². The monoisotopic (exact) mass is 549 g/mol.